The summed E-state index contributed by atoms with van der Waals surface area (Å²) in [6.07, 6.45) is 3.56. The number of carbonyl (C=O) groups excluding carboxylic acids is 1. The molecule has 0 radical (unpaired) electrons. The van der Waals surface area contributed by atoms with Crippen LogP contribution in [0.25, 0.3) is 0 Å². The molecular weight excluding hydrogens is 369 g/mol. The second-order valence-electron chi connectivity index (χ2n) is 6.77. The fourth-order valence-corrected chi connectivity index (χ4v) is 3.43. The molecule has 7 heteroatoms. The highest BCUT2D eigenvalue weighted by Crippen LogP contribution is 2.37. The van der Waals surface area contributed by atoms with Crippen molar-refractivity contribution in [3.63, 3.8) is 0 Å². The summed E-state index contributed by atoms with van der Waals surface area (Å²) >= 11 is 0. The van der Waals surface area contributed by atoms with Crippen molar-refractivity contribution in [1.29, 1.82) is 0 Å². The van der Waals surface area contributed by atoms with Gasteiger partial charge in [-0.15, -0.1) is 0 Å². The van der Waals surface area contributed by atoms with Crippen molar-refractivity contribution in [3.05, 3.63) is 90.0 Å². The summed E-state index contributed by atoms with van der Waals surface area (Å²) in [6, 6.07) is 17.4. The number of nitrogens with one attached hydrogen (secondary N) is 1. The number of nitrogens with zero attached hydrogens (tertiary/aromatic N) is 3. The summed E-state index contributed by atoms with van der Waals surface area (Å²) in [7, 11) is 0. The lowest BCUT2D eigenvalue weighted by atomic mass is 9.97. The van der Waals surface area contributed by atoms with Gasteiger partial charge in [-0.05, 0) is 29.8 Å². The van der Waals surface area contributed by atoms with Gasteiger partial charge < -0.3 is 16.0 Å². The number of aromatic nitrogens is 1. The Balaban J connectivity index is 1.78. The molecule has 1 amide bonds. The number of guanidine groups is 1. The zero-order valence-corrected chi connectivity index (χ0v) is 15.6. The highest BCUT2D eigenvalue weighted by atomic mass is 19.1. The Morgan fingerprint density at radius 3 is 2.66 bits per heavy atom. The van der Waals surface area contributed by atoms with E-state index in [0.717, 1.165) is 16.8 Å². The minimum absolute atomic E-state index is 0.106. The van der Waals surface area contributed by atoms with Gasteiger partial charge in [0.1, 0.15) is 5.82 Å². The standard InChI is InChI=1S/C22H20FN5O/c23-17-8-2-4-10-19(17)27-22-26-18-9-3-1-7-16(18)20(12-21(24)29)28(22)14-15-6-5-11-25-13-15/h1-11,13,20H,12,14H2,(H2,24,29)(H,26,27). The topological polar surface area (TPSA) is 83.6 Å². The van der Waals surface area contributed by atoms with E-state index >= 15 is 0 Å². The molecule has 1 aromatic heterocycles. The molecule has 3 aromatic rings. The molecule has 4 rings (SSSR count). The van der Waals surface area contributed by atoms with E-state index in [1.807, 2.05) is 41.3 Å². The number of nitrogens with two attached hydrogens (primary N) is 1. The molecule has 6 nitrogen and oxygen atoms in total. The largest absolute Gasteiger partial charge is 0.370 e. The van der Waals surface area contributed by atoms with Gasteiger partial charge in [-0.1, -0.05) is 36.4 Å². The summed E-state index contributed by atoms with van der Waals surface area (Å²) in [4.78, 5) is 22.7. The van der Waals surface area contributed by atoms with Crippen molar-refractivity contribution in [2.24, 2.45) is 10.7 Å². The van der Waals surface area contributed by atoms with E-state index in [1.54, 1.807) is 30.6 Å². The van der Waals surface area contributed by atoms with Gasteiger partial charge in [0.2, 0.25) is 11.9 Å². The van der Waals surface area contributed by atoms with E-state index in [9.17, 15) is 9.18 Å². The maximum atomic E-state index is 14.3. The van der Waals surface area contributed by atoms with E-state index in [1.165, 1.54) is 6.07 Å². The van der Waals surface area contributed by atoms with Crippen molar-refractivity contribution in [2.75, 3.05) is 5.32 Å². The Labute approximate surface area is 167 Å². The van der Waals surface area contributed by atoms with Crippen LogP contribution in [0, 0.1) is 5.82 Å². The first-order chi connectivity index (χ1) is 14.1. The van der Waals surface area contributed by atoms with Crippen LogP contribution >= 0.6 is 0 Å². The molecule has 0 saturated carbocycles. The van der Waals surface area contributed by atoms with Gasteiger partial charge in [0.25, 0.3) is 0 Å². The Bertz CT molecular complexity index is 1050. The minimum atomic E-state index is -0.423. The predicted molar refractivity (Wildman–Crippen MR) is 110 cm³/mol. The first kappa shape index (κ1) is 18.6. The molecule has 0 bridgehead atoms. The van der Waals surface area contributed by atoms with Crippen LogP contribution in [-0.4, -0.2) is 21.8 Å². The van der Waals surface area contributed by atoms with Crippen molar-refractivity contribution < 1.29 is 9.18 Å². The van der Waals surface area contributed by atoms with Gasteiger partial charge in [-0.3, -0.25) is 9.78 Å². The Kier molecular flexibility index (Phi) is 5.20. The molecule has 0 fully saturated rings. The summed E-state index contributed by atoms with van der Waals surface area (Å²) < 4.78 is 14.3. The second-order valence-corrected chi connectivity index (χ2v) is 6.77. The van der Waals surface area contributed by atoms with E-state index in [-0.39, 0.29) is 18.3 Å². The third kappa shape index (κ3) is 4.08. The second kappa shape index (κ2) is 8.10. The SMILES string of the molecule is NC(=O)CC1c2ccccc2N=C(Nc2ccccc2F)N1Cc1cccnc1. The van der Waals surface area contributed by atoms with Crippen LogP contribution in [0.4, 0.5) is 15.8 Å². The number of pyridine rings is 1. The molecule has 1 aliphatic rings. The number of hydrogen-bond acceptors (Lipinski definition) is 5. The first-order valence-electron chi connectivity index (χ1n) is 9.25. The van der Waals surface area contributed by atoms with Gasteiger partial charge >= 0.3 is 0 Å². The molecule has 0 spiro atoms. The van der Waals surface area contributed by atoms with Gasteiger partial charge in [0.05, 0.1) is 23.8 Å². The van der Waals surface area contributed by atoms with Gasteiger partial charge in [-0.2, -0.15) is 0 Å². The summed E-state index contributed by atoms with van der Waals surface area (Å²) in [5.74, 6) is -0.362. The van der Waals surface area contributed by atoms with Crippen molar-refractivity contribution in [2.45, 2.75) is 19.0 Å². The first-order valence-corrected chi connectivity index (χ1v) is 9.25. The zero-order valence-electron chi connectivity index (χ0n) is 15.6. The highest BCUT2D eigenvalue weighted by Gasteiger charge is 2.31. The van der Waals surface area contributed by atoms with Gasteiger partial charge in [0.15, 0.2) is 0 Å². The summed E-state index contributed by atoms with van der Waals surface area (Å²) in [6.45, 7) is 0.431. The van der Waals surface area contributed by atoms with Crippen LogP contribution in [-0.2, 0) is 11.3 Å². The lowest BCUT2D eigenvalue weighted by molar-refractivity contribution is -0.119. The van der Waals surface area contributed by atoms with Gasteiger partial charge in [0, 0.05) is 24.5 Å². The number of anilines is 1. The van der Waals surface area contributed by atoms with E-state index in [0.29, 0.717) is 18.2 Å². The molecule has 3 N–H and O–H groups in total. The number of primary amides is 1. The van der Waals surface area contributed by atoms with E-state index < -0.39 is 5.91 Å². The Morgan fingerprint density at radius 1 is 1.10 bits per heavy atom. The number of aliphatic imine (C=N–C) groups is 1. The molecule has 146 valence electrons. The number of halogens is 1. The van der Waals surface area contributed by atoms with Crippen molar-refractivity contribution in [3.8, 4) is 0 Å². The fraction of sp³-hybridized carbons (Fsp3) is 0.136. The van der Waals surface area contributed by atoms with E-state index in [2.05, 4.69) is 10.3 Å². The number of amides is 1. The fourth-order valence-electron chi connectivity index (χ4n) is 3.43. The Morgan fingerprint density at radius 2 is 1.90 bits per heavy atom. The molecular formula is C22H20FN5O. The number of para-hydroxylation sites is 2. The average Bonchev–Trinajstić information content (AvgIpc) is 2.72. The maximum Gasteiger partial charge on any atom is 0.219 e. The molecule has 1 unspecified atom stereocenters. The van der Waals surface area contributed by atoms with Crippen LogP contribution < -0.4 is 11.1 Å². The molecule has 2 heterocycles. The Hall–Kier alpha value is -3.74. The minimum Gasteiger partial charge on any atom is -0.370 e. The molecule has 0 saturated heterocycles. The number of carbonyl (C=O) groups is 1. The monoisotopic (exact) mass is 389 g/mol. The molecule has 29 heavy (non-hydrogen) atoms. The molecule has 0 aliphatic carbocycles. The van der Waals surface area contributed by atoms with Crippen LogP contribution in [0.5, 0.6) is 0 Å². The number of fused-ring (bicyclic) bond motifs is 1. The van der Waals surface area contributed by atoms with Crippen molar-refractivity contribution in [1.82, 2.24) is 9.88 Å². The van der Waals surface area contributed by atoms with Crippen LogP contribution in [0.15, 0.2) is 78.0 Å². The van der Waals surface area contributed by atoms with Crippen LogP contribution in [0.1, 0.15) is 23.6 Å². The lowest BCUT2D eigenvalue weighted by Gasteiger charge is -2.38. The zero-order chi connectivity index (χ0) is 20.2. The highest BCUT2D eigenvalue weighted by molar-refractivity contribution is 5.97. The maximum absolute atomic E-state index is 14.3. The number of hydrogen-bond donors (Lipinski definition) is 2. The molecule has 1 aliphatic heterocycles. The third-order valence-electron chi connectivity index (χ3n) is 4.76. The summed E-state index contributed by atoms with van der Waals surface area (Å²) in [5.41, 5.74) is 8.42. The van der Waals surface area contributed by atoms with E-state index in [4.69, 9.17) is 10.7 Å². The molecule has 2 aromatic carbocycles. The summed E-state index contributed by atoms with van der Waals surface area (Å²) in [5, 5.41) is 3.09. The predicted octanol–water partition coefficient (Wildman–Crippen LogP) is 3.75. The number of benzene rings is 2. The van der Waals surface area contributed by atoms with Crippen LogP contribution in [0.2, 0.25) is 0 Å². The van der Waals surface area contributed by atoms with Gasteiger partial charge in [-0.25, -0.2) is 9.38 Å². The van der Waals surface area contributed by atoms with Crippen LogP contribution in [0.3, 0.4) is 0 Å². The average molecular weight is 389 g/mol. The quantitative estimate of drug-likeness (QED) is 0.696. The normalized spacial score (nSPS) is 15.4. The smallest absolute Gasteiger partial charge is 0.219 e. The number of rotatable bonds is 5. The lowest BCUT2D eigenvalue weighted by Crippen LogP contribution is -2.42. The molecule has 1 atom stereocenters. The van der Waals surface area contributed by atoms with Crippen molar-refractivity contribution >= 4 is 23.2 Å². The third-order valence-corrected chi connectivity index (χ3v) is 4.76.